The maximum Gasteiger partial charge on any atom is 0.181 e. The van der Waals surface area contributed by atoms with Crippen LogP contribution in [0.3, 0.4) is 0 Å². The molecule has 0 aromatic rings. The standard InChI is InChI=1S/C10H22Cl2N2/c1-3-5-7-13-9-10(11,12)14-8-6-4-2/h13-14H,3-9H2,1-2H3. The molecule has 0 unspecified atom stereocenters. The van der Waals surface area contributed by atoms with Crippen LogP contribution in [0.1, 0.15) is 39.5 Å². The lowest BCUT2D eigenvalue weighted by Gasteiger charge is -2.21. The number of hydrogen-bond donors (Lipinski definition) is 2. The molecule has 86 valence electrons. The summed E-state index contributed by atoms with van der Waals surface area (Å²) in [7, 11) is 0. The molecule has 0 aromatic heterocycles. The SMILES string of the molecule is CCCCNCC(Cl)(Cl)NCCCC. The zero-order valence-electron chi connectivity index (χ0n) is 9.21. The molecule has 0 saturated carbocycles. The smallest absolute Gasteiger partial charge is 0.181 e. The molecule has 0 radical (unpaired) electrons. The van der Waals surface area contributed by atoms with Gasteiger partial charge < -0.3 is 5.32 Å². The van der Waals surface area contributed by atoms with Crippen molar-refractivity contribution in [1.29, 1.82) is 0 Å². The summed E-state index contributed by atoms with van der Waals surface area (Å²) in [5.41, 5.74) is 0. The summed E-state index contributed by atoms with van der Waals surface area (Å²) in [6.07, 6.45) is 4.61. The molecule has 0 amide bonds. The Hall–Kier alpha value is 0.500. The van der Waals surface area contributed by atoms with Crippen molar-refractivity contribution < 1.29 is 0 Å². The van der Waals surface area contributed by atoms with E-state index in [0.717, 1.165) is 25.9 Å². The summed E-state index contributed by atoms with van der Waals surface area (Å²) in [5, 5.41) is 6.33. The van der Waals surface area contributed by atoms with Gasteiger partial charge in [-0.2, -0.15) is 0 Å². The summed E-state index contributed by atoms with van der Waals surface area (Å²) in [6, 6.07) is 0. The lowest BCUT2D eigenvalue weighted by Crippen LogP contribution is -2.44. The van der Waals surface area contributed by atoms with Gasteiger partial charge in [0.05, 0.1) is 0 Å². The van der Waals surface area contributed by atoms with Crippen molar-refractivity contribution in [3.63, 3.8) is 0 Å². The zero-order valence-corrected chi connectivity index (χ0v) is 10.7. The predicted molar refractivity (Wildman–Crippen MR) is 65.1 cm³/mol. The third-order valence-electron chi connectivity index (χ3n) is 1.97. The van der Waals surface area contributed by atoms with Gasteiger partial charge >= 0.3 is 0 Å². The van der Waals surface area contributed by atoms with E-state index in [1.807, 2.05) is 0 Å². The van der Waals surface area contributed by atoms with Crippen molar-refractivity contribution in [2.24, 2.45) is 0 Å². The van der Waals surface area contributed by atoms with Gasteiger partial charge in [-0.1, -0.05) is 49.9 Å². The summed E-state index contributed by atoms with van der Waals surface area (Å²) in [5.74, 6) is 0. The maximum absolute atomic E-state index is 6.04. The van der Waals surface area contributed by atoms with E-state index in [1.54, 1.807) is 0 Å². The van der Waals surface area contributed by atoms with E-state index in [9.17, 15) is 0 Å². The highest BCUT2D eigenvalue weighted by Crippen LogP contribution is 2.15. The van der Waals surface area contributed by atoms with Crippen LogP contribution in [-0.2, 0) is 0 Å². The minimum Gasteiger partial charge on any atom is -0.312 e. The molecule has 0 aliphatic heterocycles. The molecule has 0 bridgehead atoms. The normalized spacial score (nSPS) is 12.0. The van der Waals surface area contributed by atoms with Crippen molar-refractivity contribution in [1.82, 2.24) is 10.6 Å². The van der Waals surface area contributed by atoms with Crippen LogP contribution in [0.15, 0.2) is 0 Å². The van der Waals surface area contributed by atoms with Crippen LogP contribution in [-0.4, -0.2) is 24.1 Å². The Morgan fingerprint density at radius 3 is 2.14 bits per heavy atom. The van der Waals surface area contributed by atoms with Crippen LogP contribution >= 0.6 is 23.2 Å². The van der Waals surface area contributed by atoms with E-state index in [1.165, 1.54) is 12.8 Å². The highest BCUT2D eigenvalue weighted by atomic mass is 35.5. The van der Waals surface area contributed by atoms with Gasteiger partial charge in [0.15, 0.2) is 4.46 Å². The van der Waals surface area contributed by atoms with E-state index >= 15 is 0 Å². The Labute approximate surface area is 97.7 Å². The fraction of sp³-hybridized carbons (Fsp3) is 1.00. The van der Waals surface area contributed by atoms with Crippen LogP contribution in [0.2, 0.25) is 0 Å². The van der Waals surface area contributed by atoms with Gasteiger partial charge in [0.2, 0.25) is 0 Å². The number of alkyl halides is 2. The quantitative estimate of drug-likeness (QED) is 0.368. The van der Waals surface area contributed by atoms with Crippen molar-refractivity contribution in [2.45, 2.75) is 44.0 Å². The predicted octanol–water partition coefficient (Wildman–Crippen LogP) is 2.90. The lowest BCUT2D eigenvalue weighted by molar-refractivity contribution is 0.516. The fourth-order valence-electron chi connectivity index (χ4n) is 1.06. The van der Waals surface area contributed by atoms with Crippen LogP contribution in [0.5, 0.6) is 0 Å². The Balaban J connectivity index is 3.40. The summed E-state index contributed by atoms with van der Waals surface area (Å²) in [6.45, 7) is 6.76. The summed E-state index contributed by atoms with van der Waals surface area (Å²) < 4.78 is -0.817. The Morgan fingerprint density at radius 1 is 1.00 bits per heavy atom. The Kier molecular flexibility index (Phi) is 9.09. The molecule has 0 rings (SSSR count). The van der Waals surface area contributed by atoms with Crippen molar-refractivity contribution >= 4 is 23.2 Å². The molecule has 0 atom stereocenters. The van der Waals surface area contributed by atoms with E-state index < -0.39 is 4.46 Å². The topological polar surface area (TPSA) is 24.1 Å². The van der Waals surface area contributed by atoms with Gasteiger partial charge in [-0.3, -0.25) is 5.32 Å². The van der Waals surface area contributed by atoms with Gasteiger partial charge in [0.25, 0.3) is 0 Å². The molecule has 0 saturated heterocycles. The number of hydrogen-bond acceptors (Lipinski definition) is 2. The lowest BCUT2D eigenvalue weighted by atomic mass is 10.3. The first-order valence-corrected chi connectivity index (χ1v) is 6.21. The third-order valence-corrected chi connectivity index (χ3v) is 2.50. The molecule has 0 aliphatic rings. The second-order valence-electron chi connectivity index (χ2n) is 3.52. The second kappa shape index (κ2) is 8.78. The molecule has 2 nitrogen and oxygen atoms in total. The third kappa shape index (κ3) is 9.07. The molecule has 4 heteroatoms. The average Bonchev–Trinajstić information content (AvgIpc) is 2.13. The number of nitrogens with one attached hydrogen (secondary N) is 2. The monoisotopic (exact) mass is 240 g/mol. The second-order valence-corrected chi connectivity index (χ2v) is 5.00. The van der Waals surface area contributed by atoms with E-state index in [4.69, 9.17) is 23.2 Å². The Bertz CT molecular complexity index is 129. The number of halogens is 2. The average molecular weight is 241 g/mol. The minimum atomic E-state index is -0.817. The van der Waals surface area contributed by atoms with Crippen molar-refractivity contribution in [3.05, 3.63) is 0 Å². The molecular formula is C10H22Cl2N2. The summed E-state index contributed by atoms with van der Waals surface area (Å²) >= 11 is 12.1. The van der Waals surface area contributed by atoms with Gasteiger partial charge in [0.1, 0.15) is 0 Å². The number of rotatable bonds is 9. The molecule has 0 heterocycles. The highest BCUT2D eigenvalue weighted by molar-refractivity contribution is 6.48. The van der Waals surface area contributed by atoms with E-state index in [2.05, 4.69) is 24.5 Å². The largest absolute Gasteiger partial charge is 0.312 e. The van der Waals surface area contributed by atoms with Crippen LogP contribution in [0.25, 0.3) is 0 Å². The molecule has 0 aromatic carbocycles. The first-order valence-electron chi connectivity index (χ1n) is 5.46. The molecular weight excluding hydrogens is 219 g/mol. The molecule has 0 spiro atoms. The first-order chi connectivity index (χ1) is 6.62. The highest BCUT2D eigenvalue weighted by Gasteiger charge is 2.21. The van der Waals surface area contributed by atoms with Gasteiger partial charge in [-0.15, -0.1) is 0 Å². The minimum absolute atomic E-state index is 0.597. The van der Waals surface area contributed by atoms with E-state index in [0.29, 0.717) is 6.54 Å². The zero-order chi connectivity index (χ0) is 10.9. The van der Waals surface area contributed by atoms with E-state index in [-0.39, 0.29) is 0 Å². The maximum atomic E-state index is 6.04. The van der Waals surface area contributed by atoms with Crippen LogP contribution in [0, 0.1) is 0 Å². The fourth-order valence-corrected chi connectivity index (χ4v) is 1.44. The molecule has 2 N–H and O–H groups in total. The van der Waals surface area contributed by atoms with Crippen LogP contribution < -0.4 is 10.6 Å². The van der Waals surface area contributed by atoms with Gasteiger partial charge in [-0.05, 0) is 25.9 Å². The van der Waals surface area contributed by atoms with Gasteiger partial charge in [0, 0.05) is 6.54 Å². The van der Waals surface area contributed by atoms with Gasteiger partial charge in [-0.25, -0.2) is 0 Å². The van der Waals surface area contributed by atoms with Crippen LogP contribution in [0.4, 0.5) is 0 Å². The molecule has 0 aliphatic carbocycles. The van der Waals surface area contributed by atoms with Crippen molar-refractivity contribution in [2.75, 3.05) is 19.6 Å². The summed E-state index contributed by atoms with van der Waals surface area (Å²) in [4.78, 5) is 0. The number of unbranched alkanes of at least 4 members (excludes halogenated alkanes) is 2. The van der Waals surface area contributed by atoms with Crippen molar-refractivity contribution in [3.8, 4) is 0 Å². The molecule has 0 fully saturated rings. The molecule has 14 heavy (non-hydrogen) atoms. The first kappa shape index (κ1) is 14.5. The Morgan fingerprint density at radius 2 is 1.57 bits per heavy atom.